The summed E-state index contributed by atoms with van der Waals surface area (Å²) in [5.74, 6) is 0.699. The van der Waals surface area contributed by atoms with E-state index in [0.717, 1.165) is 38.8 Å². The first-order chi connectivity index (χ1) is 11.2. The summed E-state index contributed by atoms with van der Waals surface area (Å²) in [6.45, 7) is 1.87. The predicted octanol–water partition coefficient (Wildman–Crippen LogP) is 1.70. The Hall–Kier alpha value is -1.79. The zero-order valence-corrected chi connectivity index (χ0v) is 14.4. The lowest BCUT2D eigenvalue weighted by atomic mass is 10.1. The van der Waals surface area contributed by atoms with Crippen molar-refractivity contribution >= 4 is 29.9 Å². The van der Waals surface area contributed by atoms with Gasteiger partial charge in [-0.3, -0.25) is 9.59 Å². The van der Waals surface area contributed by atoms with Crippen LogP contribution in [0.25, 0.3) is 0 Å². The molecular formula is C17H24ClN3O3. The summed E-state index contributed by atoms with van der Waals surface area (Å²) in [5.41, 5.74) is 0.707. The maximum atomic E-state index is 11.9. The van der Waals surface area contributed by atoms with Gasteiger partial charge in [0.2, 0.25) is 5.91 Å². The van der Waals surface area contributed by atoms with E-state index in [4.69, 9.17) is 4.74 Å². The molecule has 1 aliphatic carbocycles. The Labute approximate surface area is 148 Å². The second-order valence-electron chi connectivity index (χ2n) is 6.17. The largest absolute Gasteiger partial charge is 0.484 e. The number of hydrogen-bond donors (Lipinski definition) is 3. The van der Waals surface area contributed by atoms with Crippen LogP contribution in [0.3, 0.4) is 0 Å². The highest BCUT2D eigenvalue weighted by Gasteiger charge is 2.29. The Morgan fingerprint density at radius 2 is 1.92 bits per heavy atom. The number of carbonyl (C=O) groups excluding carboxylic acids is 2. The normalized spacial score (nSPS) is 17.5. The smallest absolute Gasteiger partial charge is 0.258 e. The van der Waals surface area contributed by atoms with Crippen LogP contribution >= 0.6 is 12.4 Å². The van der Waals surface area contributed by atoms with E-state index in [-0.39, 0.29) is 42.8 Å². The number of halogens is 1. The molecule has 0 spiro atoms. The quantitative estimate of drug-likeness (QED) is 0.727. The molecule has 0 aromatic heterocycles. The number of rotatable bonds is 6. The lowest BCUT2D eigenvalue weighted by Gasteiger charge is -2.23. The zero-order valence-electron chi connectivity index (χ0n) is 13.5. The number of hydrogen-bond acceptors (Lipinski definition) is 4. The Kier molecular flexibility index (Phi) is 6.87. The van der Waals surface area contributed by atoms with Gasteiger partial charge in [-0.15, -0.1) is 12.4 Å². The summed E-state index contributed by atoms with van der Waals surface area (Å²) in [6, 6.07) is 7.39. The third-order valence-electron chi connectivity index (χ3n) is 4.12. The van der Waals surface area contributed by atoms with Crippen molar-refractivity contribution in [1.82, 2.24) is 10.6 Å². The number of anilines is 1. The van der Waals surface area contributed by atoms with E-state index in [9.17, 15) is 9.59 Å². The van der Waals surface area contributed by atoms with E-state index >= 15 is 0 Å². The van der Waals surface area contributed by atoms with Crippen LogP contribution in [-0.2, 0) is 9.59 Å². The van der Waals surface area contributed by atoms with Crippen molar-refractivity contribution in [2.45, 2.75) is 31.7 Å². The maximum absolute atomic E-state index is 11.9. The van der Waals surface area contributed by atoms with Crippen LogP contribution in [0.4, 0.5) is 5.69 Å². The van der Waals surface area contributed by atoms with E-state index in [1.54, 1.807) is 12.1 Å². The van der Waals surface area contributed by atoms with Gasteiger partial charge in [0.05, 0.1) is 0 Å². The van der Waals surface area contributed by atoms with Gasteiger partial charge in [-0.2, -0.15) is 0 Å². The Balaban J connectivity index is 0.00000208. The SMILES string of the molecule is Cl.O=C(COc1cccc(NC(=O)C2CC2)c1)NC1CCNCC1. The minimum Gasteiger partial charge on any atom is -0.484 e. The highest BCUT2D eigenvalue weighted by molar-refractivity contribution is 5.94. The Morgan fingerprint density at radius 1 is 1.17 bits per heavy atom. The molecule has 1 aromatic carbocycles. The van der Waals surface area contributed by atoms with Gasteiger partial charge in [0.15, 0.2) is 6.61 Å². The fourth-order valence-corrected chi connectivity index (χ4v) is 2.64. The molecule has 0 unspecified atom stereocenters. The van der Waals surface area contributed by atoms with Crippen LogP contribution in [0.1, 0.15) is 25.7 Å². The average molecular weight is 354 g/mol. The summed E-state index contributed by atoms with van der Waals surface area (Å²) >= 11 is 0. The third-order valence-corrected chi connectivity index (χ3v) is 4.12. The van der Waals surface area contributed by atoms with Crippen LogP contribution in [0.15, 0.2) is 24.3 Å². The van der Waals surface area contributed by atoms with Crippen LogP contribution in [0.5, 0.6) is 5.75 Å². The topological polar surface area (TPSA) is 79.5 Å². The molecular weight excluding hydrogens is 330 g/mol. The summed E-state index contributed by atoms with van der Waals surface area (Å²) < 4.78 is 5.53. The lowest BCUT2D eigenvalue weighted by molar-refractivity contribution is -0.124. The number of amides is 2. The van der Waals surface area contributed by atoms with Crippen molar-refractivity contribution in [3.63, 3.8) is 0 Å². The molecule has 7 heteroatoms. The zero-order chi connectivity index (χ0) is 16.1. The minimum absolute atomic E-state index is 0. The number of benzene rings is 1. The minimum atomic E-state index is -0.107. The first-order valence-corrected chi connectivity index (χ1v) is 8.24. The van der Waals surface area contributed by atoms with Gasteiger partial charge in [0, 0.05) is 23.7 Å². The van der Waals surface area contributed by atoms with Crippen molar-refractivity contribution in [1.29, 1.82) is 0 Å². The number of carbonyl (C=O) groups is 2. The second kappa shape index (κ2) is 8.89. The van der Waals surface area contributed by atoms with Gasteiger partial charge >= 0.3 is 0 Å². The van der Waals surface area contributed by atoms with Gasteiger partial charge in [-0.05, 0) is 50.9 Å². The van der Waals surface area contributed by atoms with Gasteiger partial charge in [0.25, 0.3) is 5.91 Å². The fraction of sp³-hybridized carbons (Fsp3) is 0.529. The van der Waals surface area contributed by atoms with Crippen molar-refractivity contribution in [3.05, 3.63) is 24.3 Å². The maximum Gasteiger partial charge on any atom is 0.258 e. The molecule has 3 N–H and O–H groups in total. The second-order valence-corrected chi connectivity index (χ2v) is 6.17. The van der Waals surface area contributed by atoms with Gasteiger partial charge < -0.3 is 20.7 Å². The molecule has 24 heavy (non-hydrogen) atoms. The standard InChI is InChI=1S/C17H23N3O3.ClH/c21-16(19-13-6-8-18-9-7-13)11-23-15-3-1-2-14(10-15)20-17(22)12-4-5-12;/h1-3,10,12-13,18H,4-9,11H2,(H,19,21)(H,20,22);1H. The van der Waals surface area contributed by atoms with Gasteiger partial charge in [-0.25, -0.2) is 0 Å². The summed E-state index contributed by atoms with van der Waals surface area (Å²) in [4.78, 5) is 23.7. The monoisotopic (exact) mass is 353 g/mol. The Bertz CT molecular complexity index is 572. The molecule has 0 radical (unpaired) electrons. The molecule has 1 saturated heterocycles. The van der Waals surface area contributed by atoms with E-state index in [0.29, 0.717) is 11.4 Å². The first-order valence-electron chi connectivity index (χ1n) is 8.24. The van der Waals surface area contributed by atoms with Crippen molar-refractivity contribution in [2.24, 2.45) is 5.92 Å². The molecule has 1 aromatic rings. The van der Waals surface area contributed by atoms with Crippen LogP contribution in [0.2, 0.25) is 0 Å². The number of nitrogens with one attached hydrogen (secondary N) is 3. The molecule has 1 heterocycles. The highest BCUT2D eigenvalue weighted by atomic mass is 35.5. The molecule has 0 atom stereocenters. The molecule has 0 bridgehead atoms. The van der Waals surface area contributed by atoms with Crippen LogP contribution in [0, 0.1) is 5.92 Å². The number of ether oxygens (including phenoxy) is 1. The molecule has 3 rings (SSSR count). The van der Waals surface area contributed by atoms with E-state index in [1.807, 2.05) is 12.1 Å². The summed E-state index contributed by atoms with van der Waals surface area (Å²) in [7, 11) is 0. The van der Waals surface area contributed by atoms with E-state index < -0.39 is 0 Å². The van der Waals surface area contributed by atoms with Crippen LogP contribution < -0.4 is 20.7 Å². The summed E-state index contributed by atoms with van der Waals surface area (Å²) in [5, 5.41) is 9.12. The molecule has 2 fully saturated rings. The molecule has 1 aliphatic heterocycles. The molecule has 1 saturated carbocycles. The average Bonchev–Trinajstić information content (AvgIpc) is 3.39. The van der Waals surface area contributed by atoms with E-state index in [1.165, 1.54) is 0 Å². The molecule has 2 aliphatic rings. The van der Waals surface area contributed by atoms with Crippen LogP contribution in [-0.4, -0.2) is 37.6 Å². The van der Waals surface area contributed by atoms with Crippen molar-refractivity contribution < 1.29 is 14.3 Å². The van der Waals surface area contributed by atoms with Crippen molar-refractivity contribution in [3.8, 4) is 5.75 Å². The fourth-order valence-electron chi connectivity index (χ4n) is 2.64. The highest BCUT2D eigenvalue weighted by Crippen LogP contribution is 2.30. The third kappa shape index (κ3) is 5.69. The predicted molar refractivity (Wildman–Crippen MR) is 94.6 cm³/mol. The lowest BCUT2D eigenvalue weighted by Crippen LogP contribution is -2.44. The Morgan fingerprint density at radius 3 is 2.62 bits per heavy atom. The first kappa shape index (κ1) is 18.5. The molecule has 6 nitrogen and oxygen atoms in total. The van der Waals surface area contributed by atoms with Crippen molar-refractivity contribution in [2.75, 3.05) is 25.0 Å². The van der Waals surface area contributed by atoms with Gasteiger partial charge in [-0.1, -0.05) is 6.07 Å². The van der Waals surface area contributed by atoms with Gasteiger partial charge in [0.1, 0.15) is 5.75 Å². The van der Waals surface area contributed by atoms with E-state index in [2.05, 4.69) is 16.0 Å². The molecule has 2 amide bonds. The molecule has 132 valence electrons. The summed E-state index contributed by atoms with van der Waals surface area (Å²) in [6.07, 6.45) is 3.85. The number of piperidine rings is 1.